The van der Waals surface area contributed by atoms with E-state index in [1.807, 2.05) is 0 Å². The monoisotopic (exact) mass is 250 g/mol. The summed E-state index contributed by atoms with van der Waals surface area (Å²) in [5.41, 5.74) is 0.638. The summed E-state index contributed by atoms with van der Waals surface area (Å²) in [5, 5.41) is 0.460. The van der Waals surface area contributed by atoms with Crippen LogP contribution in [-0.2, 0) is 9.59 Å². The van der Waals surface area contributed by atoms with E-state index in [1.165, 1.54) is 28.4 Å². The van der Waals surface area contributed by atoms with E-state index in [0.717, 1.165) is 0 Å². The molecule has 3 rings (SSSR count). The van der Waals surface area contributed by atoms with Crippen LogP contribution in [0.15, 0.2) is 18.2 Å². The summed E-state index contributed by atoms with van der Waals surface area (Å²) in [6.07, 6.45) is -0.0652. The van der Waals surface area contributed by atoms with Crippen LogP contribution in [0.4, 0.5) is 9.52 Å². The highest BCUT2D eigenvalue weighted by molar-refractivity contribution is 7.22. The predicted octanol–water partition coefficient (Wildman–Crippen LogP) is 1.74. The van der Waals surface area contributed by atoms with Crippen molar-refractivity contribution in [3.8, 4) is 0 Å². The van der Waals surface area contributed by atoms with Gasteiger partial charge in [0.25, 0.3) is 0 Å². The van der Waals surface area contributed by atoms with Crippen molar-refractivity contribution in [3.05, 3.63) is 24.0 Å². The van der Waals surface area contributed by atoms with E-state index < -0.39 is 0 Å². The van der Waals surface area contributed by atoms with E-state index in [4.69, 9.17) is 0 Å². The van der Waals surface area contributed by atoms with Gasteiger partial charge in [-0.15, -0.1) is 0 Å². The maximum atomic E-state index is 13.0. The first-order valence-corrected chi connectivity index (χ1v) is 5.83. The number of hydrogen-bond acceptors (Lipinski definition) is 4. The number of hydrogen-bond donors (Lipinski definition) is 0. The SMILES string of the molecule is O=C1CC(=O)N(c2nc3ccc(F)cc3s2)C1. The molecule has 0 spiro atoms. The standard InChI is InChI=1S/C11H7FN2O2S/c12-6-1-2-8-9(3-6)17-11(13-8)14-5-7(15)4-10(14)16/h1-3H,4-5H2. The Bertz CT molecular complexity index is 637. The molecule has 0 radical (unpaired) electrons. The largest absolute Gasteiger partial charge is 0.297 e. The molecule has 0 saturated carbocycles. The highest BCUT2D eigenvalue weighted by Crippen LogP contribution is 2.30. The summed E-state index contributed by atoms with van der Waals surface area (Å²) in [5.74, 6) is -0.688. The molecule has 1 aromatic heterocycles. The predicted molar refractivity (Wildman–Crippen MR) is 61.6 cm³/mol. The highest BCUT2D eigenvalue weighted by Gasteiger charge is 2.30. The summed E-state index contributed by atoms with van der Waals surface area (Å²) < 4.78 is 13.7. The molecule has 0 N–H and O–H groups in total. The second-order valence-corrected chi connectivity index (χ2v) is 4.81. The van der Waals surface area contributed by atoms with Gasteiger partial charge in [0, 0.05) is 0 Å². The number of aromatic nitrogens is 1. The van der Waals surface area contributed by atoms with Crippen LogP contribution in [0.1, 0.15) is 6.42 Å². The molecule has 6 heteroatoms. The van der Waals surface area contributed by atoms with Crippen molar-refractivity contribution in [3.63, 3.8) is 0 Å². The molecule has 2 aromatic rings. The van der Waals surface area contributed by atoms with Gasteiger partial charge in [-0.05, 0) is 18.2 Å². The Morgan fingerprint density at radius 3 is 2.88 bits per heavy atom. The van der Waals surface area contributed by atoms with Gasteiger partial charge in [0.05, 0.1) is 23.2 Å². The quantitative estimate of drug-likeness (QED) is 0.724. The number of halogens is 1. The minimum absolute atomic E-state index is 0.0652. The van der Waals surface area contributed by atoms with Crippen LogP contribution in [0.5, 0.6) is 0 Å². The molecule has 0 unspecified atom stereocenters. The van der Waals surface area contributed by atoms with Crippen molar-refractivity contribution in [2.75, 3.05) is 11.4 Å². The van der Waals surface area contributed by atoms with Crippen molar-refractivity contribution in [2.24, 2.45) is 0 Å². The van der Waals surface area contributed by atoms with Crippen molar-refractivity contribution < 1.29 is 14.0 Å². The van der Waals surface area contributed by atoms with Gasteiger partial charge < -0.3 is 0 Å². The Morgan fingerprint density at radius 1 is 1.35 bits per heavy atom. The first-order chi connectivity index (χ1) is 8.13. The zero-order valence-corrected chi connectivity index (χ0v) is 9.46. The Balaban J connectivity index is 2.06. The molecule has 1 amide bonds. The first kappa shape index (κ1) is 10.3. The van der Waals surface area contributed by atoms with Gasteiger partial charge in [-0.25, -0.2) is 9.37 Å². The molecule has 1 aromatic carbocycles. The lowest BCUT2D eigenvalue weighted by Gasteiger charge is -2.08. The van der Waals surface area contributed by atoms with Crippen molar-refractivity contribution in [2.45, 2.75) is 6.42 Å². The summed E-state index contributed by atoms with van der Waals surface area (Å²) in [7, 11) is 0. The number of ketones is 1. The molecular formula is C11H7FN2O2S. The molecule has 2 heterocycles. The minimum Gasteiger partial charge on any atom is -0.297 e. The molecule has 1 saturated heterocycles. The molecular weight excluding hydrogens is 243 g/mol. The van der Waals surface area contributed by atoms with Crippen molar-refractivity contribution >= 4 is 38.4 Å². The van der Waals surface area contributed by atoms with Gasteiger partial charge in [-0.1, -0.05) is 11.3 Å². The third-order valence-electron chi connectivity index (χ3n) is 2.55. The molecule has 17 heavy (non-hydrogen) atoms. The smallest absolute Gasteiger partial charge is 0.236 e. The van der Waals surface area contributed by atoms with Crippen LogP contribution >= 0.6 is 11.3 Å². The van der Waals surface area contributed by atoms with E-state index in [1.54, 1.807) is 6.07 Å². The summed E-state index contributed by atoms with van der Waals surface area (Å²) in [4.78, 5) is 28.3. The molecule has 1 fully saturated rings. The van der Waals surface area contributed by atoms with Gasteiger partial charge in [0.1, 0.15) is 5.82 Å². The van der Waals surface area contributed by atoms with Gasteiger partial charge in [0.2, 0.25) is 5.91 Å². The summed E-state index contributed by atoms with van der Waals surface area (Å²) >= 11 is 1.22. The molecule has 86 valence electrons. The Hall–Kier alpha value is -1.82. The number of Topliss-reactive ketones (excluding diaryl/α,β-unsaturated/α-hetero) is 1. The average molecular weight is 250 g/mol. The molecule has 0 aliphatic carbocycles. The molecule has 1 aliphatic heterocycles. The summed E-state index contributed by atoms with van der Waals surface area (Å²) in [6, 6.07) is 4.26. The second kappa shape index (κ2) is 3.59. The van der Waals surface area contributed by atoms with E-state index in [-0.39, 0.29) is 30.5 Å². The van der Waals surface area contributed by atoms with E-state index in [0.29, 0.717) is 15.3 Å². The van der Waals surface area contributed by atoms with E-state index in [9.17, 15) is 14.0 Å². The molecule has 1 aliphatic rings. The Morgan fingerprint density at radius 2 is 2.18 bits per heavy atom. The highest BCUT2D eigenvalue weighted by atomic mass is 32.1. The van der Waals surface area contributed by atoms with E-state index in [2.05, 4.69) is 4.98 Å². The fourth-order valence-corrected chi connectivity index (χ4v) is 2.77. The fourth-order valence-electron chi connectivity index (χ4n) is 1.76. The van der Waals surface area contributed by atoms with Crippen LogP contribution < -0.4 is 4.90 Å². The number of rotatable bonds is 1. The number of benzene rings is 1. The number of thiazole rings is 1. The van der Waals surface area contributed by atoms with Crippen LogP contribution in [0, 0.1) is 5.82 Å². The number of nitrogens with zero attached hydrogens (tertiary/aromatic N) is 2. The van der Waals surface area contributed by atoms with Gasteiger partial charge >= 0.3 is 0 Å². The van der Waals surface area contributed by atoms with Gasteiger partial charge in [0.15, 0.2) is 10.9 Å². The van der Waals surface area contributed by atoms with Gasteiger partial charge in [-0.3, -0.25) is 14.5 Å². The number of fused-ring (bicyclic) bond motifs is 1. The van der Waals surface area contributed by atoms with E-state index >= 15 is 0 Å². The second-order valence-electron chi connectivity index (χ2n) is 3.80. The zero-order valence-electron chi connectivity index (χ0n) is 8.64. The maximum absolute atomic E-state index is 13.0. The lowest BCUT2D eigenvalue weighted by Crippen LogP contribution is -2.24. The van der Waals surface area contributed by atoms with Crippen LogP contribution in [0.3, 0.4) is 0 Å². The normalized spacial score (nSPS) is 16.2. The van der Waals surface area contributed by atoms with Crippen LogP contribution in [0.25, 0.3) is 10.2 Å². The number of anilines is 1. The maximum Gasteiger partial charge on any atom is 0.236 e. The third-order valence-corrected chi connectivity index (χ3v) is 3.60. The van der Waals surface area contributed by atoms with Crippen molar-refractivity contribution in [1.82, 2.24) is 4.98 Å². The topological polar surface area (TPSA) is 50.3 Å². The van der Waals surface area contributed by atoms with Crippen LogP contribution in [-0.4, -0.2) is 23.2 Å². The Kier molecular flexibility index (Phi) is 2.19. The first-order valence-electron chi connectivity index (χ1n) is 5.01. The third kappa shape index (κ3) is 1.70. The van der Waals surface area contributed by atoms with Crippen molar-refractivity contribution in [1.29, 1.82) is 0 Å². The molecule has 0 bridgehead atoms. The van der Waals surface area contributed by atoms with Crippen LogP contribution in [0.2, 0.25) is 0 Å². The lowest BCUT2D eigenvalue weighted by molar-refractivity contribution is -0.121. The average Bonchev–Trinajstić information content (AvgIpc) is 2.80. The number of carbonyl (C=O) groups is 2. The van der Waals surface area contributed by atoms with Gasteiger partial charge in [-0.2, -0.15) is 0 Å². The Labute approximate surface area is 99.7 Å². The molecule has 0 atom stereocenters. The zero-order chi connectivity index (χ0) is 12.0. The molecule has 4 nitrogen and oxygen atoms in total. The lowest BCUT2D eigenvalue weighted by atomic mass is 10.3. The fraction of sp³-hybridized carbons (Fsp3) is 0.182. The number of carbonyl (C=O) groups excluding carboxylic acids is 2. The summed E-state index contributed by atoms with van der Waals surface area (Å²) in [6.45, 7) is 0.0706. The number of amides is 1. The minimum atomic E-state index is -0.337.